The van der Waals surface area contributed by atoms with Crippen LogP contribution in [0.15, 0.2) is 53.5 Å². The molecule has 1 aromatic carbocycles. The molecule has 4 N–H and O–H groups in total. The first-order chi connectivity index (χ1) is 15.5. The van der Waals surface area contributed by atoms with Crippen molar-refractivity contribution in [2.45, 2.75) is 6.92 Å². The summed E-state index contributed by atoms with van der Waals surface area (Å²) in [4.78, 5) is 18.4. The van der Waals surface area contributed by atoms with Gasteiger partial charge in [-0.25, -0.2) is 9.78 Å². The van der Waals surface area contributed by atoms with Crippen molar-refractivity contribution in [1.82, 2.24) is 29.9 Å². The maximum absolute atomic E-state index is 10.8. The van der Waals surface area contributed by atoms with E-state index in [4.69, 9.17) is 9.52 Å². The second kappa shape index (κ2) is 7.54. The summed E-state index contributed by atoms with van der Waals surface area (Å²) in [5.41, 5.74) is 5.33. The number of nitrogens with one attached hydrogen (secondary N) is 3. The van der Waals surface area contributed by atoms with Crippen LogP contribution < -0.4 is 10.6 Å². The lowest BCUT2D eigenvalue weighted by atomic mass is 10.1. The number of carbonyl (C=O) groups is 1. The Labute approximate surface area is 181 Å². The lowest BCUT2D eigenvalue weighted by Gasteiger charge is -2.08. The van der Waals surface area contributed by atoms with E-state index in [9.17, 15) is 4.79 Å². The monoisotopic (exact) mass is 430 g/mol. The number of pyridine rings is 1. The second-order valence-corrected chi connectivity index (χ2v) is 7.22. The van der Waals surface area contributed by atoms with Gasteiger partial charge in [0.05, 0.1) is 11.8 Å². The van der Waals surface area contributed by atoms with Crippen molar-refractivity contribution in [3.05, 3.63) is 54.6 Å². The summed E-state index contributed by atoms with van der Waals surface area (Å²) in [6, 6.07) is 7.30. The van der Waals surface area contributed by atoms with Crippen molar-refractivity contribution < 1.29 is 14.3 Å². The lowest BCUT2D eigenvalue weighted by Crippen LogP contribution is -2.07. The molecule has 0 aliphatic carbocycles. The fourth-order valence-electron chi connectivity index (χ4n) is 3.41. The van der Waals surface area contributed by atoms with Crippen LogP contribution in [0.25, 0.3) is 33.6 Å². The lowest BCUT2D eigenvalue weighted by molar-refractivity contribution is 0.209. The highest BCUT2D eigenvalue weighted by molar-refractivity contribution is 5.93. The molecule has 0 aliphatic rings. The maximum atomic E-state index is 10.8. The highest BCUT2D eigenvalue weighted by atomic mass is 16.4. The topological polar surface area (TPSA) is 147 Å². The molecule has 0 spiro atoms. The summed E-state index contributed by atoms with van der Waals surface area (Å²) in [6.45, 7) is 1.85. The first-order valence-corrected chi connectivity index (χ1v) is 9.64. The van der Waals surface area contributed by atoms with E-state index in [-0.39, 0.29) is 6.01 Å². The number of anilines is 3. The van der Waals surface area contributed by atoms with Gasteiger partial charge in [0, 0.05) is 53.5 Å². The Morgan fingerprint density at radius 3 is 2.81 bits per heavy atom. The molecule has 0 atom stereocenters. The van der Waals surface area contributed by atoms with Crippen molar-refractivity contribution in [1.29, 1.82) is 0 Å². The third kappa shape index (κ3) is 3.62. The van der Waals surface area contributed by atoms with Gasteiger partial charge in [-0.1, -0.05) is 5.10 Å². The molecule has 0 aliphatic heterocycles. The molecule has 160 valence electrons. The number of hydrogen-bond donors (Lipinski definition) is 4. The summed E-state index contributed by atoms with van der Waals surface area (Å²) in [7, 11) is 1.86. The van der Waals surface area contributed by atoms with Crippen LogP contribution in [-0.2, 0) is 7.05 Å². The summed E-state index contributed by atoms with van der Waals surface area (Å²) in [5.74, 6) is 0.339. The maximum Gasteiger partial charge on any atom is 0.409 e. The number of aromatic amines is 1. The predicted molar refractivity (Wildman–Crippen MR) is 118 cm³/mol. The van der Waals surface area contributed by atoms with Crippen LogP contribution in [0.4, 0.5) is 22.2 Å². The molecule has 0 radical (unpaired) electrons. The first-order valence-electron chi connectivity index (χ1n) is 9.64. The molecule has 32 heavy (non-hydrogen) atoms. The van der Waals surface area contributed by atoms with Gasteiger partial charge in [-0.15, -0.1) is 5.10 Å². The first kappa shape index (κ1) is 19.3. The van der Waals surface area contributed by atoms with Gasteiger partial charge < -0.3 is 19.8 Å². The molecule has 0 bridgehead atoms. The van der Waals surface area contributed by atoms with Crippen LogP contribution in [0.3, 0.4) is 0 Å². The molecule has 0 unspecified atom stereocenters. The average molecular weight is 430 g/mol. The SMILES string of the molecule is Cc1cc(NC(=O)O)ccc1Nc1nnc(-c2c[nH]c3ncc(-c4cnn(C)c4)cc23)o1. The van der Waals surface area contributed by atoms with Crippen LogP contribution in [0, 0.1) is 6.92 Å². The van der Waals surface area contributed by atoms with Crippen molar-refractivity contribution in [3.8, 4) is 22.6 Å². The molecule has 4 aromatic heterocycles. The number of H-pyrrole nitrogens is 1. The molecular formula is C21H18N8O3. The van der Waals surface area contributed by atoms with Gasteiger partial charge in [0.15, 0.2) is 0 Å². The van der Waals surface area contributed by atoms with Crippen molar-refractivity contribution in [2.24, 2.45) is 7.05 Å². The van der Waals surface area contributed by atoms with Gasteiger partial charge in [0.25, 0.3) is 5.89 Å². The zero-order chi connectivity index (χ0) is 22.2. The van der Waals surface area contributed by atoms with Gasteiger partial charge >= 0.3 is 12.1 Å². The molecule has 0 fully saturated rings. The molecule has 4 heterocycles. The standard InChI is InChI=1S/C21H18N8O3/c1-11-5-14(25-21(30)31)3-4-17(11)26-20-28-27-19(32-20)16-9-23-18-15(16)6-12(7-22-18)13-8-24-29(2)10-13/h3-10,25H,1-2H3,(H,22,23)(H,26,28)(H,30,31). The number of benzene rings is 1. The Balaban J connectivity index is 1.43. The number of fused-ring (bicyclic) bond motifs is 1. The summed E-state index contributed by atoms with van der Waals surface area (Å²) < 4.78 is 7.57. The van der Waals surface area contributed by atoms with E-state index in [1.54, 1.807) is 41.5 Å². The van der Waals surface area contributed by atoms with Gasteiger partial charge in [-0.3, -0.25) is 10.00 Å². The Morgan fingerprint density at radius 2 is 2.06 bits per heavy atom. The van der Waals surface area contributed by atoms with Gasteiger partial charge in [0.2, 0.25) is 0 Å². The molecule has 0 saturated heterocycles. The van der Waals surface area contributed by atoms with Crippen molar-refractivity contribution >= 4 is 34.5 Å². The zero-order valence-corrected chi connectivity index (χ0v) is 17.1. The number of aryl methyl sites for hydroxylation is 2. The third-order valence-electron chi connectivity index (χ3n) is 4.94. The van der Waals surface area contributed by atoms with Gasteiger partial charge in [-0.05, 0) is 36.8 Å². The van der Waals surface area contributed by atoms with Crippen LogP contribution in [0.5, 0.6) is 0 Å². The second-order valence-electron chi connectivity index (χ2n) is 7.22. The average Bonchev–Trinajstić information content (AvgIpc) is 3.48. The molecule has 11 heteroatoms. The van der Waals surface area contributed by atoms with Crippen LogP contribution in [0.1, 0.15) is 5.56 Å². The summed E-state index contributed by atoms with van der Waals surface area (Å²) >= 11 is 0. The van der Waals surface area contributed by atoms with E-state index in [2.05, 4.69) is 35.9 Å². The molecule has 5 rings (SSSR count). The van der Waals surface area contributed by atoms with Crippen molar-refractivity contribution in [2.75, 3.05) is 10.6 Å². The van der Waals surface area contributed by atoms with Crippen LogP contribution >= 0.6 is 0 Å². The Bertz CT molecular complexity index is 1450. The summed E-state index contributed by atoms with van der Waals surface area (Å²) in [6.07, 6.45) is 6.14. The number of carboxylic acid groups (broad SMARTS) is 1. The van der Waals surface area contributed by atoms with E-state index in [0.29, 0.717) is 17.2 Å². The van der Waals surface area contributed by atoms with E-state index in [0.717, 1.165) is 33.3 Å². The minimum Gasteiger partial charge on any atom is -0.465 e. The highest BCUT2D eigenvalue weighted by Gasteiger charge is 2.16. The fourth-order valence-corrected chi connectivity index (χ4v) is 3.41. The van der Waals surface area contributed by atoms with Crippen LogP contribution in [-0.4, -0.2) is 41.1 Å². The minimum absolute atomic E-state index is 0.216. The van der Waals surface area contributed by atoms with Gasteiger partial charge in [0.1, 0.15) is 5.65 Å². The van der Waals surface area contributed by atoms with E-state index < -0.39 is 6.09 Å². The predicted octanol–water partition coefficient (Wildman–Crippen LogP) is 4.16. The number of hydrogen-bond acceptors (Lipinski definition) is 7. The fraction of sp³-hybridized carbons (Fsp3) is 0.0952. The minimum atomic E-state index is -1.12. The van der Waals surface area contributed by atoms with Crippen molar-refractivity contribution in [3.63, 3.8) is 0 Å². The van der Waals surface area contributed by atoms with E-state index in [1.165, 1.54) is 0 Å². The highest BCUT2D eigenvalue weighted by Crippen LogP contribution is 2.31. The number of aromatic nitrogens is 6. The molecule has 5 aromatic rings. The normalized spacial score (nSPS) is 11.1. The Morgan fingerprint density at radius 1 is 1.19 bits per heavy atom. The third-order valence-corrected chi connectivity index (χ3v) is 4.94. The molecule has 0 saturated carbocycles. The molecule has 11 nitrogen and oxygen atoms in total. The number of nitrogens with zero attached hydrogens (tertiary/aromatic N) is 5. The summed E-state index contributed by atoms with van der Waals surface area (Å²) in [5, 5.41) is 27.5. The molecule has 1 amide bonds. The van der Waals surface area contributed by atoms with E-state index in [1.807, 2.05) is 26.2 Å². The number of rotatable bonds is 5. The largest absolute Gasteiger partial charge is 0.465 e. The smallest absolute Gasteiger partial charge is 0.409 e. The Hall–Kier alpha value is -4.67. The van der Waals surface area contributed by atoms with E-state index >= 15 is 0 Å². The zero-order valence-electron chi connectivity index (χ0n) is 17.1. The number of amides is 1. The Kier molecular flexibility index (Phi) is 4.55. The van der Waals surface area contributed by atoms with Gasteiger partial charge in [-0.2, -0.15) is 5.10 Å². The quantitative estimate of drug-likeness (QED) is 0.325. The van der Waals surface area contributed by atoms with Crippen LogP contribution in [0.2, 0.25) is 0 Å². The molecular weight excluding hydrogens is 412 g/mol.